The summed E-state index contributed by atoms with van der Waals surface area (Å²) in [5, 5.41) is 0. The predicted molar refractivity (Wildman–Crippen MR) is 54.2 cm³/mol. The Balaban J connectivity index is 0. The summed E-state index contributed by atoms with van der Waals surface area (Å²) < 4.78 is 1.78. The second-order valence-electron chi connectivity index (χ2n) is 1.65. The van der Waals surface area contributed by atoms with Crippen molar-refractivity contribution in [2.75, 3.05) is 13.1 Å². The van der Waals surface area contributed by atoms with Crippen LogP contribution < -0.4 is 0 Å². The first kappa shape index (κ1) is 14.4. The molecule has 0 aliphatic heterocycles. The smallest absolute Gasteiger partial charge is 0.182 e. The molecule has 0 saturated heterocycles. The summed E-state index contributed by atoms with van der Waals surface area (Å²) in [6.45, 7) is 5.45. The van der Waals surface area contributed by atoms with E-state index in [0.717, 1.165) is 13.1 Å². The van der Waals surface area contributed by atoms with E-state index in [0.29, 0.717) is 0 Å². The normalized spacial score (nSPS) is 16.1. The van der Waals surface area contributed by atoms with Crippen LogP contribution in [0.5, 0.6) is 0 Å². The van der Waals surface area contributed by atoms with Gasteiger partial charge in [-0.15, -0.1) is 12.2 Å². The number of hydrogen-bond donors (Lipinski definition) is 2. The molecule has 1 unspecified atom stereocenters. The molecule has 1 N–H and O–H groups in total. The predicted octanol–water partition coefficient (Wildman–Crippen LogP) is 1.09. The summed E-state index contributed by atoms with van der Waals surface area (Å²) in [7, 11) is 0. The van der Waals surface area contributed by atoms with E-state index in [9.17, 15) is 4.89 Å². The molecule has 0 fully saturated rings. The standard InChI is InChI=1S/C4H12NOPS2.Na/c1-3-5(4-2)7(6,8)9;/h3-4H2,1-2H3,(H2,6,8,9);. The monoisotopic (exact) mass is 208 g/mol. The minimum absolute atomic E-state index is 0. The zero-order chi connectivity index (χ0) is 7.49. The molecule has 0 saturated carbocycles. The molecule has 0 spiro atoms. The van der Waals surface area contributed by atoms with E-state index in [-0.39, 0.29) is 29.6 Å². The third-order valence-corrected chi connectivity index (χ3v) is 3.85. The maximum Gasteiger partial charge on any atom is 0.182 e. The molecule has 0 aromatic heterocycles. The molecule has 0 rings (SSSR count). The summed E-state index contributed by atoms with van der Waals surface area (Å²) in [5.74, 6) is 0. The van der Waals surface area contributed by atoms with Gasteiger partial charge in [0.05, 0.1) is 0 Å². The fourth-order valence-corrected chi connectivity index (χ4v) is 2.78. The first-order valence-electron chi connectivity index (χ1n) is 2.83. The van der Waals surface area contributed by atoms with E-state index in [4.69, 9.17) is 11.8 Å². The van der Waals surface area contributed by atoms with Crippen molar-refractivity contribution in [2.24, 2.45) is 0 Å². The fraction of sp³-hybridized carbons (Fsp3) is 1.00. The molecule has 0 aromatic rings. The number of rotatable bonds is 3. The van der Waals surface area contributed by atoms with Crippen LogP contribution in [0.25, 0.3) is 0 Å². The van der Waals surface area contributed by atoms with E-state index in [1.165, 1.54) is 0 Å². The molecule has 0 amide bonds. The molecular formula is C4H12NNaOPS2. The molecule has 57 valence electrons. The van der Waals surface area contributed by atoms with Gasteiger partial charge in [-0.25, -0.2) is 4.67 Å². The summed E-state index contributed by atoms with van der Waals surface area (Å²) >= 11 is 8.68. The Labute approximate surface area is 95.0 Å². The van der Waals surface area contributed by atoms with Crippen LogP contribution in [0.3, 0.4) is 0 Å². The van der Waals surface area contributed by atoms with Gasteiger partial charge >= 0.3 is 0 Å². The van der Waals surface area contributed by atoms with Crippen LogP contribution in [0.1, 0.15) is 13.8 Å². The Morgan fingerprint density at radius 1 is 1.50 bits per heavy atom. The van der Waals surface area contributed by atoms with Gasteiger partial charge in [-0.2, -0.15) is 0 Å². The van der Waals surface area contributed by atoms with Crippen LogP contribution in [0.2, 0.25) is 0 Å². The van der Waals surface area contributed by atoms with Crippen molar-refractivity contribution < 1.29 is 4.89 Å². The molecule has 0 aliphatic carbocycles. The molecule has 2 nitrogen and oxygen atoms in total. The van der Waals surface area contributed by atoms with E-state index in [1.54, 1.807) is 4.67 Å². The molecule has 6 heteroatoms. The van der Waals surface area contributed by atoms with Gasteiger partial charge in [0.1, 0.15) is 0 Å². The first-order chi connectivity index (χ1) is 4.02. The SMILES string of the molecule is CCN(CC)P(O)(=S)S.[Na]. The van der Waals surface area contributed by atoms with Crippen LogP contribution in [0, 0.1) is 0 Å². The van der Waals surface area contributed by atoms with Crippen LogP contribution >= 0.6 is 17.9 Å². The summed E-state index contributed by atoms with van der Waals surface area (Å²) in [6.07, 6.45) is 0. The quantitative estimate of drug-likeness (QED) is 0.412. The third kappa shape index (κ3) is 5.56. The van der Waals surface area contributed by atoms with Crippen molar-refractivity contribution in [3.63, 3.8) is 0 Å². The average molecular weight is 208 g/mol. The Kier molecular flexibility index (Phi) is 9.30. The van der Waals surface area contributed by atoms with Crippen molar-refractivity contribution in [2.45, 2.75) is 13.8 Å². The Morgan fingerprint density at radius 2 is 1.80 bits per heavy atom. The zero-order valence-corrected chi connectivity index (χ0v) is 11.2. The molecule has 0 bridgehead atoms. The van der Waals surface area contributed by atoms with Crippen LogP contribution in [0.15, 0.2) is 0 Å². The van der Waals surface area contributed by atoms with E-state index in [1.807, 2.05) is 13.8 Å². The number of thiol groups is 1. The van der Waals surface area contributed by atoms with Gasteiger partial charge in [0.15, 0.2) is 5.62 Å². The van der Waals surface area contributed by atoms with Gasteiger partial charge in [0.2, 0.25) is 0 Å². The van der Waals surface area contributed by atoms with Crippen molar-refractivity contribution in [3.05, 3.63) is 0 Å². The fourth-order valence-electron chi connectivity index (χ4n) is 0.592. The van der Waals surface area contributed by atoms with Crippen molar-refractivity contribution >= 4 is 59.2 Å². The van der Waals surface area contributed by atoms with Crippen LogP contribution in [0.4, 0.5) is 0 Å². The van der Waals surface area contributed by atoms with Gasteiger partial charge < -0.3 is 4.89 Å². The van der Waals surface area contributed by atoms with E-state index >= 15 is 0 Å². The van der Waals surface area contributed by atoms with Gasteiger partial charge in [-0.3, -0.25) is 0 Å². The maximum atomic E-state index is 9.19. The van der Waals surface area contributed by atoms with Gasteiger partial charge in [0, 0.05) is 42.6 Å². The number of nitrogens with zero attached hydrogens (tertiary/aromatic N) is 1. The molecular weight excluding hydrogens is 196 g/mol. The molecule has 1 atom stereocenters. The molecule has 0 heterocycles. The van der Waals surface area contributed by atoms with Gasteiger partial charge in [-0.05, 0) is 11.8 Å². The summed E-state index contributed by atoms with van der Waals surface area (Å²) in [6, 6.07) is 0. The second kappa shape index (κ2) is 6.44. The van der Waals surface area contributed by atoms with Gasteiger partial charge in [-0.1, -0.05) is 13.8 Å². The third-order valence-electron chi connectivity index (χ3n) is 1.10. The Hall–Kier alpha value is 1.92. The maximum absolute atomic E-state index is 9.19. The van der Waals surface area contributed by atoms with E-state index in [2.05, 4.69) is 12.2 Å². The van der Waals surface area contributed by atoms with E-state index < -0.39 is 5.62 Å². The topological polar surface area (TPSA) is 23.5 Å². The van der Waals surface area contributed by atoms with Crippen molar-refractivity contribution in [3.8, 4) is 0 Å². The van der Waals surface area contributed by atoms with Crippen LogP contribution in [-0.4, -0.2) is 52.2 Å². The van der Waals surface area contributed by atoms with Gasteiger partial charge in [0.25, 0.3) is 0 Å². The Morgan fingerprint density at radius 3 is 1.80 bits per heavy atom. The summed E-state index contributed by atoms with van der Waals surface area (Å²) in [4.78, 5) is 9.19. The van der Waals surface area contributed by atoms with Crippen molar-refractivity contribution in [1.29, 1.82) is 0 Å². The molecule has 1 radical (unpaired) electrons. The van der Waals surface area contributed by atoms with Crippen LogP contribution in [-0.2, 0) is 11.8 Å². The second-order valence-corrected chi connectivity index (χ2v) is 7.26. The molecule has 0 aliphatic rings. The largest absolute Gasteiger partial charge is 0.346 e. The molecule has 0 aromatic carbocycles. The van der Waals surface area contributed by atoms with Crippen molar-refractivity contribution in [1.82, 2.24) is 4.67 Å². The number of hydrogen-bond acceptors (Lipinski definition) is 1. The Bertz CT molecular complexity index is 124. The zero-order valence-electron chi connectivity index (χ0n) is 6.61. The minimum Gasteiger partial charge on any atom is -0.346 e. The average Bonchev–Trinajstić information content (AvgIpc) is 1.65. The molecule has 10 heavy (non-hydrogen) atoms. The minimum atomic E-state index is -2.41. The first-order valence-corrected chi connectivity index (χ1v) is 6.69. The summed E-state index contributed by atoms with van der Waals surface area (Å²) in [5.41, 5.74) is -2.41.